The van der Waals surface area contributed by atoms with Crippen LogP contribution < -0.4 is 5.32 Å². The van der Waals surface area contributed by atoms with Gasteiger partial charge in [-0.25, -0.2) is 4.98 Å². The first kappa shape index (κ1) is 11.5. The fourth-order valence-electron chi connectivity index (χ4n) is 2.19. The lowest BCUT2D eigenvalue weighted by Gasteiger charge is -2.09. The second-order valence-electron chi connectivity index (χ2n) is 4.53. The summed E-state index contributed by atoms with van der Waals surface area (Å²) in [5.74, 6) is 1.24. The van der Waals surface area contributed by atoms with Gasteiger partial charge in [0.15, 0.2) is 0 Å². The predicted molar refractivity (Wildman–Crippen MR) is 76.8 cm³/mol. The standard InChI is InChI=1S/C13H16N2S2/c1-9-6-10(8-16-9)14-7-13-15-11-4-2-3-5-12(11)17-13/h2-5,9-10,14H,6-8H2,1H3. The first-order valence-electron chi connectivity index (χ1n) is 6.01. The Morgan fingerprint density at radius 2 is 2.29 bits per heavy atom. The first-order chi connectivity index (χ1) is 8.31. The van der Waals surface area contributed by atoms with Gasteiger partial charge in [0.1, 0.15) is 5.01 Å². The number of rotatable bonds is 3. The first-order valence-corrected chi connectivity index (χ1v) is 7.87. The van der Waals surface area contributed by atoms with Crippen LogP contribution in [0.3, 0.4) is 0 Å². The van der Waals surface area contributed by atoms with Crippen molar-refractivity contribution in [3.05, 3.63) is 29.3 Å². The average Bonchev–Trinajstić information content (AvgIpc) is 2.91. The fourth-order valence-corrected chi connectivity index (χ4v) is 4.29. The zero-order valence-corrected chi connectivity index (χ0v) is 11.5. The van der Waals surface area contributed by atoms with Crippen LogP contribution in [0.25, 0.3) is 10.2 Å². The Kier molecular flexibility index (Phi) is 3.36. The van der Waals surface area contributed by atoms with Crippen molar-refractivity contribution in [3.8, 4) is 0 Å². The molecule has 0 aliphatic carbocycles. The SMILES string of the molecule is CC1CC(NCc2nc3ccccc3s2)CS1. The molecule has 90 valence electrons. The quantitative estimate of drug-likeness (QED) is 0.921. The topological polar surface area (TPSA) is 24.9 Å². The molecule has 2 atom stereocenters. The van der Waals surface area contributed by atoms with Gasteiger partial charge in [-0.05, 0) is 18.6 Å². The summed E-state index contributed by atoms with van der Waals surface area (Å²) in [6, 6.07) is 9.02. The van der Waals surface area contributed by atoms with E-state index >= 15 is 0 Å². The third kappa shape index (κ3) is 2.64. The van der Waals surface area contributed by atoms with E-state index in [1.54, 1.807) is 11.3 Å². The average molecular weight is 264 g/mol. The second kappa shape index (κ2) is 4.96. The summed E-state index contributed by atoms with van der Waals surface area (Å²) in [5.41, 5.74) is 1.13. The molecule has 0 saturated carbocycles. The maximum Gasteiger partial charge on any atom is 0.108 e. The molecule has 1 aliphatic heterocycles. The summed E-state index contributed by atoms with van der Waals surface area (Å²) in [7, 11) is 0. The second-order valence-corrected chi connectivity index (χ2v) is 7.12. The summed E-state index contributed by atoms with van der Waals surface area (Å²) in [4.78, 5) is 4.64. The van der Waals surface area contributed by atoms with Crippen LogP contribution in [0.4, 0.5) is 0 Å². The molecular weight excluding hydrogens is 248 g/mol. The highest BCUT2D eigenvalue weighted by Gasteiger charge is 2.21. The summed E-state index contributed by atoms with van der Waals surface area (Å²) >= 11 is 3.87. The minimum atomic E-state index is 0.669. The molecular formula is C13H16N2S2. The van der Waals surface area contributed by atoms with E-state index in [0.29, 0.717) is 6.04 Å². The maximum absolute atomic E-state index is 4.64. The molecule has 4 heteroatoms. The van der Waals surface area contributed by atoms with E-state index in [9.17, 15) is 0 Å². The maximum atomic E-state index is 4.64. The Morgan fingerprint density at radius 3 is 3.06 bits per heavy atom. The summed E-state index contributed by atoms with van der Waals surface area (Å²) < 4.78 is 1.29. The van der Waals surface area contributed by atoms with Crippen molar-refractivity contribution in [2.45, 2.75) is 31.2 Å². The van der Waals surface area contributed by atoms with Crippen LogP contribution in [0.2, 0.25) is 0 Å². The lowest BCUT2D eigenvalue weighted by Crippen LogP contribution is -2.28. The van der Waals surface area contributed by atoms with Crippen molar-refractivity contribution in [1.82, 2.24) is 10.3 Å². The van der Waals surface area contributed by atoms with Crippen LogP contribution in [-0.4, -0.2) is 22.0 Å². The molecule has 1 aliphatic rings. The van der Waals surface area contributed by atoms with E-state index in [-0.39, 0.29) is 0 Å². The van der Waals surface area contributed by atoms with Gasteiger partial charge in [0.2, 0.25) is 0 Å². The van der Waals surface area contributed by atoms with Crippen LogP contribution in [0.5, 0.6) is 0 Å². The van der Waals surface area contributed by atoms with Gasteiger partial charge in [0, 0.05) is 23.6 Å². The molecule has 1 aromatic heterocycles. The Balaban J connectivity index is 1.65. The van der Waals surface area contributed by atoms with Crippen LogP contribution in [0.15, 0.2) is 24.3 Å². The van der Waals surface area contributed by atoms with Crippen molar-refractivity contribution < 1.29 is 0 Å². The van der Waals surface area contributed by atoms with Gasteiger partial charge in [-0.2, -0.15) is 11.8 Å². The molecule has 2 aromatic rings. The summed E-state index contributed by atoms with van der Waals surface area (Å²) in [6.45, 7) is 3.22. The van der Waals surface area contributed by atoms with Crippen molar-refractivity contribution >= 4 is 33.3 Å². The number of benzene rings is 1. The third-order valence-corrected chi connectivity index (χ3v) is 5.47. The number of hydrogen-bond acceptors (Lipinski definition) is 4. The molecule has 0 spiro atoms. The van der Waals surface area contributed by atoms with E-state index in [0.717, 1.165) is 17.3 Å². The van der Waals surface area contributed by atoms with Gasteiger partial charge < -0.3 is 5.32 Å². The van der Waals surface area contributed by atoms with Gasteiger partial charge in [0.05, 0.1) is 10.2 Å². The molecule has 2 unspecified atom stereocenters. The number of aromatic nitrogens is 1. The Hall–Kier alpha value is -0.580. The molecule has 0 amide bonds. The van der Waals surface area contributed by atoms with Gasteiger partial charge in [0.25, 0.3) is 0 Å². The lowest BCUT2D eigenvalue weighted by atomic mass is 10.2. The normalized spacial score (nSPS) is 24.5. The number of nitrogens with one attached hydrogen (secondary N) is 1. The minimum Gasteiger partial charge on any atom is -0.307 e. The van der Waals surface area contributed by atoms with Gasteiger partial charge in [-0.3, -0.25) is 0 Å². The molecule has 3 rings (SSSR count). The number of thiazole rings is 1. The minimum absolute atomic E-state index is 0.669. The Labute approximate surface area is 110 Å². The number of thioether (sulfide) groups is 1. The number of nitrogens with zero attached hydrogens (tertiary/aromatic N) is 1. The van der Waals surface area contributed by atoms with Crippen LogP contribution in [-0.2, 0) is 6.54 Å². The van der Waals surface area contributed by atoms with Crippen molar-refractivity contribution in [2.24, 2.45) is 0 Å². The van der Waals surface area contributed by atoms with E-state index in [4.69, 9.17) is 0 Å². The largest absolute Gasteiger partial charge is 0.307 e. The highest BCUT2D eigenvalue weighted by atomic mass is 32.2. The van der Waals surface area contributed by atoms with E-state index in [1.807, 2.05) is 0 Å². The van der Waals surface area contributed by atoms with Crippen molar-refractivity contribution in [1.29, 1.82) is 0 Å². The van der Waals surface area contributed by atoms with Crippen molar-refractivity contribution in [2.75, 3.05) is 5.75 Å². The van der Waals surface area contributed by atoms with Crippen LogP contribution in [0.1, 0.15) is 18.4 Å². The summed E-state index contributed by atoms with van der Waals surface area (Å²) in [5, 5.41) is 5.63. The fraction of sp³-hybridized carbons (Fsp3) is 0.462. The molecule has 2 heterocycles. The van der Waals surface area contributed by atoms with E-state index in [1.165, 1.54) is 21.9 Å². The van der Waals surface area contributed by atoms with Gasteiger partial charge >= 0.3 is 0 Å². The van der Waals surface area contributed by atoms with Gasteiger partial charge in [-0.1, -0.05) is 19.1 Å². The highest BCUT2D eigenvalue weighted by Crippen LogP contribution is 2.27. The molecule has 1 aromatic carbocycles. The highest BCUT2D eigenvalue weighted by molar-refractivity contribution is 8.00. The molecule has 2 nitrogen and oxygen atoms in total. The molecule has 1 saturated heterocycles. The lowest BCUT2D eigenvalue weighted by molar-refractivity contribution is 0.538. The molecule has 1 N–H and O–H groups in total. The zero-order chi connectivity index (χ0) is 11.7. The number of para-hydroxylation sites is 1. The number of fused-ring (bicyclic) bond motifs is 1. The molecule has 17 heavy (non-hydrogen) atoms. The van der Waals surface area contributed by atoms with E-state index in [2.05, 4.69) is 53.3 Å². The van der Waals surface area contributed by atoms with Gasteiger partial charge in [-0.15, -0.1) is 11.3 Å². The zero-order valence-electron chi connectivity index (χ0n) is 9.85. The molecule has 0 radical (unpaired) electrons. The Morgan fingerprint density at radius 1 is 1.41 bits per heavy atom. The van der Waals surface area contributed by atoms with Crippen molar-refractivity contribution in [3.63, 3.8) is 0 Å². The number of hydrogen-bond donors (Lipinski definition) is 1. The third-order valence-electron chi connectivity index (χ3n) is 3.08. The molecule has 1 fully saturated rings. The van der Waals surface area contributed by atoms with Crippen LogP contribution >= 0.6 is 23.1 Å². The molecule has 0 bridgehead atoms. The Bertz CT molecular complexity index is 476. The predicted octanol–water partition coefficient (Wildman–Crippen LogP) is 3.28. The monoisotopic (exact) mass is 264 g/mol. The smallest absolute Gasteiger partial charge is 0.108 e. The van der Waals surface area contributed by atoms with Crippen LogP contribution in [0, 0.1) is 0 Å². The van der Waals surface area contributed by atoms with E-state index < -0.39 is 0 Å². The summed E-state index contributed by atoms with van der Waals surface area (Å²) in [6.07, 6.45) is 1.29.